The minimum absolute atomic E-state index is 0.231. The standard InChI is InChI=1S/C11H21N3OS/c1-4-6-9(3)15-11-14-13-10(16-11)8-12-7-5-2/h9,12H,4-8H2,1-3H3. The Morgan fingerprint density at radius 3 is 2.81 bits per heavy atom. The molecule has 1 heterocycles. The number of rotatable bonds is 8. The van der Waals surface area contributed by atoms with Gasteiger partial charge in [0.2, 0.25) is 0 Å². The Balaban J connectivity index is 2.33. The van der Waals surface area contributed by atoms with Crippen LogP contribution in [-0.4, -0.2) is 22.8 Å². The van der Waals surface area contributed by atoms with E-state index in [0.29, 0.717) is 5.19 Å². The van der Waals surface area contributed by atoms with Crippen molar-refractivity contribution >= 4 is 11.3 Å². The van der Waals surface area contributed by atoms with Crippen LogP contribution in [0.5, 0.6) is 5.19 Å². The van der Waals surface area contributed by atoms with E-state index in [0.717, 1.165) is 37.4 Å². The summed E-state index contributed by atoms with van der Waals surface area (Å²) in [5.74, 6) is 0. The highest BCUT2D eigenvalue weighted by Gasteiger charge is 2.08. The SMILES string of the molecule is CCCNCc1nnc(OC(C)CCC)s1. The molecule has 1 aromatic rings. The largest absolute Gasteiger partial charge is 0.466 e. The van der Waals surface area contributed by atoms with Crippen molar-refractivity contribution in [3.8, 4) is 5.19 Å². The van der Waals surface area contributed by atoms with Crippen LogP contribution in [0.4, 0.5) is 0 Å². The molecule has 0 spiro atoms. The zero-order chi connectivity index (χ0) is 11.8. The summed E-state index contributed by atoms with van der Waals surface area (Å²) in [5.41, 5.74) is 0. The molecule has 1 rings (SSSR count). The van der Waals surface area contributed by atoms with Gasteiger partial charge in [-0.05, 0) is 26.3 Å². The van der Waals surface area contributed by atoms with Crippen LogP contribution in [-0.2, 0) is 6.54 Å². The van der Waals surface area contributed by atoms with Gasteiger partial charge in [0.15, 0.2) is 0 Å². The van der Waals surface area contributed by atoms with Crippen molar-refractivity contribution in [3.05, 3.63) is 5.01 Å². The predicted octanol–water partition coefficient (Wildman–Crippen LogP) is 2.61. The number of nitrogens with one attached hydrogen (secondary N) is 1. The summed E-state index contributed by atoms with van der Waals surface area (Å²) < 4.78 is 5.66. The van der Waals surface area contributed by atoms with E-state index in [2.05, 4.69) is 36.3 Å². The lowest BCUT2D eigenvalue weighted by Gasteiger charge is -2.09. The molecule has 0 amide bonds. The Kier molecular flexibility index (Phi) is 6.33. The molecule has 0 aliphatic rings. The van der Waals surface area contributed by atoms with Crippen LogP contribution in [0.3, 0.4) is 0 Å². The van der Waals surface area contributed by atoms with Gasteiger partial charge >= 0.3 is 0 Å². The summed E-state index contributed by atoms with van der Waals surface area (Å²) in [6.07, 6.45) is 3.55. The van der Waals surface area contributed by atoms with Crippen molar-refractivity contribution in [3.63, 3.8) is 0 Å². The summed E-state index contributed by atoms with van der Waals surface area (Å²) in [6.45, 7) is 8.17. The molecule has 1 atom stereocenters. The van der Waals surface area contributed by atoms with Crippen LogP contribution in [0.1, 0.15) is 45.0 Å². The molecular formula is C11H21N3OS. The number of nitrogens with zero attached hydrogens (tertiary/aromatic N) is 2. The summed E-state index contributed by atoms with van der Waals surface area (Å²) in [6, 6.07) is 0. The Morgan fingerprint density at radius 2 is 2.12 bits per heavy atom. The fraction of sp³-hybridized carbons (Fsp3) is 0.818. The molecule has 1 unspecified atom stereocenters. The van der Waals surface area contributed by atoms with E-state index in [1.165, 1.54) is 11.3 Å². The Bertz CT molecular complexity index is 291. The van der Waals surface area contributed by atoms with E-state index in [-0.39, 0.29) is 6.10 Å². The van der Waals surface area contributed by atoms with Crippen LogP contribution in [0, 0.1) is 0 Å². The third-order valence-electron chi connectivity index (χ3n) is 2.15. The van der Waals surface area contributed by atoms with Crippen molar-refractivity contribution in [1.82, 2.24) is 15.5 Å². The van der Waals surface area contributed by atoms with Crippen LogP contribution >= 0.6 is 11.3 Å². The van der Waals surface area contributed by atoms with E-state index < -0.39 is 0 Å². The zero-order valence-corrected chi connectivity index (χ0v) is 11.1. The van der Waals surface area contributed by atoms with Gasteiger partial charge in [0.25, 0.3) is 5.19 Å². The molecule has 16 heavy (non-hydrogen) atoms. The minimum Gasteiger partial charge on any atom is -0.466 e. The molecule has 5 heteroatoms. The Labute approximate surface area is 101 Å². The zero-order valence-electron chi connectivity index (χ0n) is 10.3. The molecule has 0 aliphatic heterocycles. The van der Waals surface area contributed by atoms with Crippen LogP contribution in [0.25, 0.3) is 0 Å². The maximum absolute atomic E-state index is 5.66. The van der Waals surface area contributed by atoms with Crippen molar-refractivity contribution < 1.29 is 4.74 Å². The minimum atomic E-state index is 0.231. The van der Waals surface area contributed by atoms with E-state index in [9.17, 15) is 0 Å². The lowest BCUT2D eigenvalue weighted by molar-refractivity contribution is 0.207. The lowest BCUT2D eigenvalue weighted by atomic mass is 10.2. The van der Waals surface area contributed by atoms with Gasteiger partial charge < -0.3 is 10.1 Å². The number of aromatic nitrogens is 2. The van der Waals surface area contributed by atoms with Gasteiger partial charge in [-0.2, -0.15) is 0 Å². The average molecular weight is 243 g/mol. The summed E-state index contributed by atoms with van der Waals surface area (Å²) in [5, 5.41) is 13.1. The van der Waals surface area contributed by atoms with Crippen molar-refractivity contribution in [2.45, 2.75) is 52.7 Å². The van der Waals surface area contributed by atoms with Gasteiger partial charge in [-0.25, -0.2) is 0 Å². The second kappa shape index (κ2) is 7.57. The molecule has 0 fully saturated rings. The molecule has 0 saturated carbocycles. The fourth-order valence-corrected chi connectivity index (χ4v) is 2.12. The predicted molar refractivity (Wildman–Crippen MR) is 66.9 cm³/mol. The molecule has 1 N–H and O–H groups in total. The number of hydrogen-bond donors (Lipinski definition) is 1. The van der Waals surface area contributed by atoms with Crippen LogP contribution in [0.15, 0.2) is 0 Å². The van der Waals surface area contributed by atoms with E-state index in [1.54, 1.807) is 0 Å². The molecule has 0 bridgehead atoms. The molecule has 4 nitrogen and oxygen atoms in total. The second-order valence-electron chi connectivity index (χ2n) is 3.86. The molecule has 0 saturated heterocycles. The fourth-order valence-electron chi connectivity index (χ4n) is 1.37. The first-order valence-corrected chi connectivity index (χ1v) is 6.77. The van der Waals surface area contributed by atoms with Gasteiger partial charge in [0.1, 0.15) is 5.01 Å². The van der Waals surface area contributed by atoms with Crippen LogP contribution < -0.4 is 10.1 Å². The Hall–Kier alpha value is -0.680. The van der Waals surface area contributed by atoms with E-state index in [1.807, 2.05) is 0 Å². The monoisotopic (exact) mass is 243 g/mol. The highest BCUT2D eigenvalue weighted by molar-refractivity contribution is 7.13. The molecule has 0 aliphatic carbocycles. The molecule has 0 aromatic carbocycles. The first-order valence-electron chi connectivity index (χ1n) is 5.96. The third-order valence-corrected chi connectivity index (χ3v) is 2.96. The van der Waals surface area contributed by atoms with Gasteiger partial charge in [-0.1, -0.05) is 36.7 Å². The molecular weight excluding hydrogens is 222 g/mol. The smallest absolute Gasteiger partial charge is 0.294 e. The highest BCUT2D eigenvalue weighted by atomic mass is 32.1. The maximum atomic E-state index is 5.66. The Morgan fingerprint density at radius 1 is 1.31 bits per heavy atom. The summed E-state index contributed by atoms with van der Waals surface area (Å²) in [4.78, 5) is 0. The first kappa shape index (κ1) is 13.4. The molecule has 1 aromatic heterocycles. The first-order chi connectivity index (χ1) is 7.76. The summed E-state index contributed by atoms with van der Waals surface area (Å²) in [7, 11) is 0. The maximum Gasteiger partial charge on any atom is 0.294 e. The lowest BCUT2D eigenvalue weighted by Crippen LogP contribution is -2.13. The van der Waals surface area contributed by atoms with Crippen molar-refractivity contribution in [1.29, 1.82) is 0 Å². The second-order valence-corrected chi connectivity index (χ2v) is 4.88. The van der Waals surface area contributed by atoms with Gasteiger partial charge in [-0.15, -0.1) is 5.10 Å². The number of ether oxygens (including phenoxy) is 1. The molecule has 0 radical (unpaired) electrons. The quantitative estimate of drug-likeness (QED) is 0.713. The van der Waals surface area contributed by atoms with Gasteiger partial charge in [0, 0.05) is 6.54 Å². The average Bonchev–Trinajstić information content (AvgIpc) is 2.66. The third kappa shape index (κ3) is 4.90. The van der Waals surface area contributed by atoms with E-state index in [4.69, 9.17) is 4.74 Å². The van der Waals surface area contributed by atoms with Gasteiger partial charge in [-0.3, -0.25) is 0 Å². The van der Waals surface area contributed by atoms with E-state index >= 15 is 0 Å². The highest BCUT2D eigenvalue weighted by Crippen LogP contribution is 2.19. The van der Waals surface area contributed by atoms with Crippen molar-refractivity contribution in [2.75, 3.05) is 6.54 Å². The topological polar surface area (TPSA) is 47.0 Å². The van der Waals surface area contributed by atoms with Crippen LogP contribution in [0.2, 0.25) is 0 Å². The normalized spacial score (nSPS) is 12.7. The summed E-state index contributed by atoms with van der Waals surface area (Å²) >= 11 is 1.53. The van der Waals surface area contributed by atoms with Crippen molar-refractivity contribution in [2.24, 2.45) is 0 Å². The van der Waals surface area contributed by atoms with Gasteiger partial charge in [0.05, 0.1) is 6.10 Å². The number of hydrogen-bond acceptors (Lipinski definition) is 5. The molecule has 92 valence electrons.